The minimum absolute atomic E-state index is 0.147. The number of fused-ring (bicyclic) bond motifs is 2. The van der Waals surface area contributed by atoms with Crippen LogP contribution in [0.2, 0.25) is 5.02 Å². The van der Waals surface area contributed by atoms with Gasteiger partial charge in [0.1, 0.15) is 12.4 Å². The summed E-state index contributed by atoms with van der Waals surface area (Å²) in [5.74, 6) is 0.609. The summed E-state index contributed by atoms with van der Waals surface area (Å²) in [6.07, 6.45) is 3.90. The van der Waals surface area contributed by atoms with Crippen molar-refractivity contribution in [1.29, 1.82) is 0 Å². The molecule has 218 valence electrons. The van der Waals surface area contributed by atoms with Gasteiger partial charge < -0.3 is 18.9 Å². The number of rotatable bonds is 8. The van der Waals surface area contributed by atoms with E-state index in [9.17, 15) is 13.2 Å². The van der Waals surface area contributed by atoms with Crippen LogP contribution in [0.3, 0.4) is 0 Å². The van der Waals surface area contributed by atoms with E-state index in [1.807, 2.05) is 68.6 Å². The molecule has 6 rings (SSSR count). The molecule has 1 fully saturated rings. The first-order chi connectivity index (χ1) is 20.3. The van der Waals surface area contributed by atoms with E-state index in [1.54, 1.807) is 23.1 Å². The highest BCUT2D eigenvalue weighted by atomic mass is 35.5. The highest BCUT2D eigenvalue weighted by Gasteiger charge is 2.34. The molecule has 4 aromatic rings. The maximum absolute atomic E-state index is 13.6. The number of nitrogens with zero attached hydrogens (tertiary/aromatic N) is 3. The standard InChI is InChI=1S/C32H32ClN3O5S/c1-3-36-31-11-9-25(42(38,39)35-13-15-40-16-14-35)20-27(31)28(32(36)37)19-23-21-34(30-7-5-4-6-26(23)30)12-17-41-24-8-10-29(33)22(2)18-24/h4-11,18-21H,3,12-17H2,1-2H3. The van der Waals surface area contributed by atoms with Gasteiger partial charge in [-0.1, -0.05) is 29.8 Å². The summed E-state index contributed by atoms with van der Waals surface area (Å²) in [7, 11) is -3.72. The Morgan fingerprint density at radius 2 is 1.83 bits per heavy atom. The van der Waals surface area contributed by atoms with E-state index in [-0.39, 0.29) is 10.8 Å². The Labute approximate surface area is 250 Å². The number of aryl methyl sites for hydroxylation is 1. The quantitative estimate of drug-likeness (QED) is 0.244. The zero-order chi connectivity index (χ0) is 29.4. The van der Waals surface area contributed by atoms with Crippen molar-refractivity contribution in [2.24, 2.45) is 0 Å². The van der Waals surface area contributed by atoms with Crippen LogP contribution in [0.4, 0.5) is 5.69 Å². The first-order valence-electron chi connectivity index (χ1n) is 14.0. The van der Waals surface area contributed by atoms with Crippen LogP contribution in [0.25, 0.3) is 22.6 Å². The molecule has 1 saturated heterocycles. The number of sulfonamides is 1. The molecule has 1 amide bonds. The molecule has 0 spiro atoms. The second kappa shape index (κ2) is 11.6. The van der Waals surface area contributed by atoms with Gasteiger partial charge >= 0.3 is 0 Å². The predicted octanol–water partition coefficient (Wildman–Crippen LogP) is 5.61. The maximum Gasteiger partial charge on any atom is 0.258 e. The number of ether oxygens (including phenoxy) is 2. The Morgan fingerprint density at radius 1 is 1.05 bits per heavy atom. The Kier molecular flexibility index (Phi) is 7.85. The van der Waals surface area contributed by atoms with Crippen molar-refractivity contribution in [2.75, 3.05) is 44.4 Å². The number of amides is 1. The lowest BCUT2D eigenvalue weighted by Gasteiger charge is -2.26. The SMILES string of the molecule is CCN1C(=O)C(=Cc2cn(CCOc3ccc(Cl)c(C)c3)c3ccccc23)c2cc(S(=O)(=O)N3CCOCC3)ccc21. The number of hydrogen-bond donors (Lipinski definition) is 0. The zero-order valence-electron chi connectivity index (χ0n) is 23.5. The van der Waals surface area contributed by atoms with Crippen molar-refractivity contribution in [3.8, 4) is 5.75 Å². The average Bonchev–Trinajstić information content (AvgIpc) is 3.49. The number of likely N-dealkylation sites (N-methyl/N-ethyl adjacent to an activating group) is 1. The van der Waals surface area contributed by atoms with Crippen LogP contribution in [0.5, 0.6) is 5.75 Å². The Balaban J connectivity index is 1.34. The van der Waals surface area contributed by atoms with Crippen LogP contribution in [-0.4, -0.2) is 62.7 Å². The lowest BCUT2D eigenvalue weighted by molar-refractivity contribution is -0.112. The van der Waals surface area contributed by atoms with Gasteiger partial charge in [-0.25, -0.2) is 8.42 Å². The molecule has 1 aromatic heterocycles. The number of benzene rings is 3. The highest BCUT2D eigenvalue weighted by Crippen LogP contribution is 2.40. The fraction of sp³-hybridized carbons (Fsp3) is 0.281. The number of carbonyl (C=O) groups excluding carboxylic acids is 1. The molecule has 0 N–H and O–H groups in total. The Bertz CT molecular complexity index is 1810. The van der Waals surface area contributed by atoms with Crippen LogP contribution in [-0.2, 0) is 26.1 Å². The second-order valence-corrected chi connectivity index (χ2v) is 12.7. The smallest absolute Gasteiger partial charge is 0.258 e. The average molecular weight is 606 g/mol. The van der Waals surface area contributed by atoms with Crippen LogP contribution >= 0.6 is 11.6 Å². The first-order valence-corrected chi connectivity index (χ1v) is 15.8. The summed E-state index contributed by atoms with van der Waals surface area (Å²) in [4.78, 5) is 15.5. The predicted molar refractivity (Wildman–Crippen MR) is 166 cm³/mol. The molecule has 0 atom stereocenters. The third-order valence-corrected chi connectivity index (χ3v) is 10.1. The van der Waals surface area contributed by atoms with Crippen LogP contribution in [0.1, 0.15) is 23.6 Å². The van der Waals surface area contributed by atoms with E-state index < -0.39 is 10.0 Å². The van der Waals surface area contributed by atoms with E-state index in [4.69, 9.17) is 21.1 Å². The minimum Gasteiger partial charge on any atom is -0.492 e. The normalized spacial score (nSPS) is 16.9. The van der Waals surface area contributed by atoms with Gasteiger partial charge in [0.2, 0.25) is 10.0 Å². The zero-order valence-corrected chi connectivity index (χ0v) is 25.1. The van der Waals surface area contributed by atoms with E-state index >= 15 is 0 Å². The lowest BCUT2D eigenvalue weighted by atomic mass is 10.0. The van der Waals surface area contributed by atoms with Gasteiger partial charge in [-0.2, -0.15) is 4.31 Å². The van der Waals surface area contributed by atoms with Gasteiger partial charge in [0.15, 0.2) is 0 Å². The summed E-state index contributed by atoms with van der Waals surface area (Å²) < 4.78 is 41.8. The molecule has 0 bridgehead atoms. The second-order valence-electron chi connectivity index (χ2n) is 10.4. The lowest BCUT2D eigenvalue weighted by Crippen LogP contribution is -2.40. The van der Waals surface area contributed by atoms with Crippen molar-refractivity contribution in [3.05, 3.63) is 88.6 Å². The van der Waals surface area contributed by atoms with Gasteiger partial charge in [-0.3, -0.25) is 4.79 Å². The fourth-order valence-electron chi connectivity index (χ4n) is 5.59. The molecule has 8 nitrogen and oxygen atoms in total. The molecule has 2 aliphatic rings. The number of hydrogen-bond acceptors (Lipinski definition) is 5. The topological polar surface area (TPSA) is 81.1 Å². The van der Waals surface area contributed by atoms with Crippen LogP contribution in [0.15, 0.2) is 71.8 Å². The van der Waals surface area contributed by atoms with Crippen molar-refractivity contribution < 1.29 is 22.7 Å². The molecular weight excluding hydrogens is 574 g/mol. The van der Waals surface area contributed by atoms with Crippen molar-refractivity contribution in [2.45, 2.75) is 25.3 Å². The molecular formula is C32H32ClN3O5S. The molecule has 42 heavy (non-hydrogen) atoms. The molecule has 0 saturated carbocycles. The summed E-state index contributed by atoms with van der Waals surface area (Å²) in [5.41, 5.74) is 4.66. The number of morpholine rings is 1. The van der Waals surface area contributed by atoms with Crippen LogP contribution < -0.4 is 9.64 Å². The monoisotopic (exact) mass is 605 g/mol. The van der Waals surface area contributed by atoms with Gasteiger partial charge in [0, 0.05) is 58.5 Å². The van der Waals surface area contributed by atoms with Crippen LogP contribution in [0, 0.1) is 6.92 Å². The highest BCUT2D eigenvalue weighted by molar-refractivity contribution is 7.89. The Hall–Kier alpha value is -3.63. The first kappa shape index (κ1) is 28.5. The number of anilines is 1. The molecule has 10 heteroatoms. The number of aromatic nitrogens is 1. The minimum atomic E-state index is -3.72. The van der Waals surface area contributed by atoms with Crippen molar-refractivity contribution in [3.63, 3.8) is 0 Å². The molecule has 0 radical (unpaired) electrons. The molecule has 0 unspecified atom stereocenters. The van der Waals surface area contributed by atoms with E-state index in [2.05, 4.69) is 4.57 Å². The van der Waals surface area contributed by atoms with Gasteiger partial charge in [0.25, 0.3) is 5.91 Å². The molecule has 2 aliphatic heterocycles. The number of halogens is 1. The fourth-order valence-corrected chi connectivity index (χ4v) is 7.14. The summed E-state index contributed by atoms with van der Waals surface area (Å²) >= 11 is 6.15. The van der Waals surface area contributed by atoms with E-state index in [0.717, 1.165) is 27.8 Å². The van der Waals surface area contributed by atoms with Gasteiger partial charge in [-0.05, 0) is 68.0 Å². The third-order valence-electron chi connectivity index (χ3n) is 7.80. The summed E-state index contributed by atoms with van der Waals surface area (Å²) in [6, 6.07) is 18.6. The van der Waals surface area contributed by atoms with E-state index in [1.165, 1.54) is 4.31 Å². The number of para-hydroxylation sites is 1. The number of carbonyl (C=O) groups is 1. The Morgan fingerprint density at radius 3 is 2.60 bits per heavy atom. The molecule has 3 aromatic carbocycles. The summed E-state index contributed by atoms with van der Waals surface area (Å²) in [5, 5.41) is 1.70. The molecule has 0 aliphatic carbocycles. The summed E-state index contributed by atoms with van der Waals surface area (Å²) in [6.45, 7) is 6.73. The largest absolute Gasteiger partial charge is 0.492 e. The molecule has 3 heterocycles. The third kappa shape index (κ3) is 5.22. The van der Waals surface area contributed by atoms with Crippen molar-refractivity contribution >= 4 is 55.8 Å². The van der Waals surface area contributed by atoms with Gasteiger partial charge in [0.05, 0.1) is 30.3 Å². The maximum atomic E-state index is 13.6. The van der Waals surface area contributed by atoms with Crippen molar-refractivity contribution in [1.82, 2.24) is 8.87 Å². The van der Waals surface area contributed by atoms with Gasteiger partial charge in [-0.15, -0.1) is 0 Å². The van der Waals surface area contributed by atoms with E-state index in [0.29, 0.717) is 67.8 Å².